The Morgan fingerprint density at radius 3 is 2.09 bits per heavy atom. The average molecular weight is 423 g/mol. The van der Waals surface area contributed by atoms with Gasteiger partial charge in [-0.05, 0) is 77.9 Å². The molecule has 0 saturated carbocycles. The molecule has 33 heavy (non-hydrogen) atoms. The monoisotopic (exact) mass is 422 g/mol. The fourth-order valence-corrected chi connectivity index (χ4v) is 5.70. The molecule has 0 aliphatic heterocycles. The van der Waals surface area contributed by atoms with Gasteiger partial charge in [-0.2, -0.15) is 0 Å². The Labute approximate surface area is 195 Å². The lowest BCUT2D eigenvalue weighted by atomic mass is 9.80. The van der Waals surface area contributed by atoms with Gasteiger partial charge >= 0.3 is 0 Å². The highest BCUT2D eigenvalue weighted by atomic mass is 14.4. The standard InChI is InChI=1S/C33H26/c1-5-26-29-18-16-24(20-31(29)33(3,4)30(26)6-2)23-15-17-28-25(19-23)14-13-22-12-11-21-9-7-8-10-27(21)32(22)28/h5-20H,1-2H2,3-4H3. The van der Waals surface area contributed by atoms with E-state index in [-0.39, 0.29) is 5.41 Å². The van der Waals surface area contributed by atoms with Gasteiger partial charge in [0.2, 0.25) is 0 Å². The summed E-state index contributed by atoms with van der Waals surface area (Å²) in [6, 6.07) is 31.3. The van der Waals surface area contributed by atoms with Gasteiger partial charge in [-0.1, -0.05) is 112 Å². The minimum absolute atomic E-state index is 0.0808. The van der Waals surface area contributed by atoms with Crippen LogP contribution in [0.2, 0.25) is 0 Å². The number of hydrogen-bond acceptors (Lipinski definition) is 0. The van der Waals surface area contributed by atoms with Crippen LogP contribution in [0, 0.1) is 0 Å². The number of benzene rings is 5. The largest absolute Gasteiger partial charge is 0.0987 e. The van der Waals surface area contributed by atoms with Gasteiger partial charge in [0, 0.05) is 5.41 Å². The normalized spacial score (nSPS) is 14.7. The molecular formula is C33H26. The molecule has 5 aromatic carbocycles. The SMILES string of the molecule is C=CC1=C(C=C)C(C)(C)c2cc(-c3ccc4c(ccc5ccc6ccccc6c54)c3)ccc21. The third-order valence-corrected chi connectivity index (χ3v) is 7.41. The zero-order valence-corrected chi connectivity index (χ0v) is 19.2. The van der Waals surface area contributed by atoms with E-state index < -0.39 is 0 Å². The molecule has 0 atom stereocenters. The van der Waals surface area contributed by atoms with Crippen LogP contribution in [0.3, 0.4) is 0 Å². The summed E-state index contributed by atoms with van der Waals surface area (Å²) >= 11 is 0. The summed E-state index contributed by atoms with van der Waals surface area (Å²) in [5.74, 6) is 0. The lowest BCUT2D eigenvalue weighted by Crippen LogP contribution is -2.16. The van der Waals surface area contributed by atoms with Crippen molar-refractivity contribution in [3.63, 3.8) is 0 Å². The zero-order valence-electron chi connectivity index (χ0n) is 19.2. The van der Waals surface area contributed by atoms with Gasteiger partial charge < -0.3 is 0 Å². The minimum atomic E-state index is -0.0808. The molecule has 1 aliphatic rings. The number of fused-ring (bicyclic) bond motifs is 6. The van der Waals surface area contributed by atoms with Crippen LogP contribution in [-0.4, -0.2) is 0 Å². The van der Waals surface area contributed by atoms with E-state index in [0.717, 1.165) is 0 Å². The summed E-state index contributed by atoms with van der Waals surface area (Å²) in [5, 5.41) is 7.79. The Kier molecular flexibility index (Phi) is 4.22. The molecule has 5 aromatic rings. The van der Waals surface area contributed by atoms with Gasteiger partial charge in [-0.25, -0.2) is 0 Å². The Balaban J connectivity index is 1.54. The second-order valence-corrected chi connectivity index (χ2v) is 9.51. The average Bonchev–Trinajstić information content (AvgIpc) is 3.08. The maximum atomic E-state index is 4.08. The van der Waals surface area contributed by atoms with Crippen LogP contribution in [0.4, 0.5) is 0 Å². The summed E-state index contributed by atoms with van der Waals surface area (Å²) in [5.41, 5.74) is 7.47. The van der Waals surface area contributed by atoms with E-state index in [1.54, 1.807) is 0 Å². The highest BCUT2D eigenvalue weighted by molar-refractivity contribution is 6.20. The number of hydrogen-bond donors (Lipinski definition) is 0. The summed E-state index contributed by atoms with van der Waals surface area (Å²) < 4.78 is 0. The Morgan fingerprint density at radius 1 is 0.636 bits per heavy atom. The topological polar surface area (TPSA) is 0 Å². The predicted molar refractivity (Wildman–Crippen MR) is 145 cm³/mol. The second kappa shape index (κ2) is 7.05. The molecule has 1 aliphatic carbocycles. The van der Waals surface area contributed by atoms with Crippen molar-refractivity contribution >= 4 is 37.9 Å². The molecule has 0 N–H and O–H groups in total. The van der Waals surface area contributed by atoms with Crippen molar-refractivity contribution < 1.29 is 0 Å². The maximum absolute atomic E-state index is 4.08. The van der Waals surface area contributed by atoms with E-state index in [1.165, 1.54) is 65.7 Å². The zero-order chi connectivity index (χ0) is 22.7. The highest BCUT2D eigenvalue weighted by Gasteiger charge is 2.35. The van der Waals surface area contributed by atoms with Crippen LogP contribution >= 0.6 is 0 Å². The molecule has 0 radical (unpaired) electrons. The van der Waals surface area contributed by atoms with Crippen molar-refractivity contribution in [1.29, 1.82) is 0 Å². The first-order valence-corrected chi connectivity index (χ1v) is 11.5. The molecule has 0 nitrogen and oxygen atoms in total. The Hall–Kier alpha value is -3.90. The van der Waals surface area contributed by atoms with Crippen LogP contribution in [-0.2, 0) is 5.41 Å². The van der Waals surface area contributed by atoms with E-state index in [0.29, 0.717) is 0 Å². The first-order chi connectivity index (χ1) is 16.0. The second-order valence-electron chi connectivity index (χ2n) is 9.51. The van der Waals surface area contributed by atoms with Crippen molar-refractivity contribution in [3.8, 4) is 11.1 Å². The number of allylic oxidation sites excluding steroid dienone is 4. The summed E-state index contributed by atoms with van der Waals surface area (Å²) in [4.78, 5) is 0. The molecule has 0 spiro atoms. The number of rotatable bonds is 3. The predicted octanol–water partition coefficient (Wildman–Crippen LogP) is 9.23. The van der Waals surface area contributed by atoms with Crippen molar-refractivity contribution in [2.24, 2.45) is 0 Å². The maximum Gasteiger partial charge on any atom is 0.0158 e. The van der Waals surface area contributed by atoms with Crippen LogP contribution in [0.15, 0.2) is 116 Å². The third-order valence-electron chi connectivity index (χ3n) is 7.41. The molecule has 0 saturated heterocycles. The van der Waals surface area contributed by atoms with Crippen molar-refractivity contribution in [3.05, 3.63) is 127 Å². The lowest BCUT2D eigenvalue weighted by Gasteiger charge is -2.23. The van der Waals surface area contributed by atoms with E-state index in [2.05, 4.69) is 112 Å². The quantitative estimate of drug-likeness (QED) is 0.254. The molecule has 0 fully saturated rings. The fourth-order valence-electron chi connectivity index (χ4n) is 5.70. The van der Waals surface area contributed by atoms with Crippen LogP contribution < -0.4 is 0 Å². The molecular weight excluding hydrogens is 396 g/mol. The smallest absolute Gasteiger partial charge is 0.0158 e. The van der Waals surface area contributed by atoms with Crippen molar-refractivity contribution in [2.45, 2.75) is 19.3 Å². The van der Waals surface area contributed by atoms with Crippen LogP contribution in [0.5, 0.6) is 0 Å². The van der Waals surface area contributed by atoms with Gasteiger partial charge in [0.15, 0.2) is 0 Å². The highest BCUT2D eigenvalue weighted by Crippen LogP contribution is 2.48. The fraction of sp³-hybridized carbons (Fsp3) is 0.0909. The van der Waals surface area contributed by atoms with Gasteiger partial charge in [0.05, 0.1) is 0 Å². The van der Waals surface area contributed by atoms with Crippen LogP contribution in [0.1, 0.15) is 25.0 Å². The Bertz CT molecular complexity index is 1660. The first-order valence-electron chi connectivity index (χ1n) is 11.5. The van der Waals surface area contributed by atoms with Gasteiger partial charge in [-0.3, -0.25) is 0 Å². The minimum Gasteiger partial charge on any atom is -0.0987 e. The lowest BCUT2D eigenvalue weighted by molar-refractivity contribution is 0.655. The summed E-state index contributed by atoms with van der Waals surface area (Å²) in [6.45, 7) is 12.7. The van der Waals surface area contributed by atoms with E-state index in [4.69, 9.17) is 0 Å². The van der Waals surface area contributed by atoms with Crippen molar-refractivity contribution in [1.82, 2.24) is 0 Å². The molecule has 0 amide bonds. The Morgan fingerprint density at radius 2 is 1.30 bits per heavy atom. The summed E-state index contributed by atoms with van der Waals surface area (Å²) in [7, 11) is 0. The summed E-state index contributed by atoms with van der Waals surface area (Å²) in [6.07, 6.45) is 3.96. The molecule has 0 heterocycles. The molecule has 0 bridgehead atoms. The molecule has 0 heteroatoms. The molecule has 0 unspecified atom stereocenters. The van der Waals surface area contributed by atoms with Crippen molar-refractivity contribution in [2.75, 3.05) is 0 Å². The van der Waals surface area contributed by atoms with Crippen LogP contribution in [0.25, 0.3) is 49.0 Å². The van der Waals surface area contributed by atoms with E-state index in [9.17, 15) is 0 Å². The molecule has 0 aromatic heterocycles. The van der Waals surface area contributed by atoms with Gasteiger partial charge in [0.1, 0.15) is 0 Å². The van der Waals surface area contributed by atoms with Gasteiger partial charge in [-0.15, -0.1) is 0 Å². The van der Waals surface area contributed by atoms with E-state index in [1.807, 2.05) is 12.2 Å². The first kappa shape index (κ1) is 19.8. The van der Waals surface area contributed by atoms with E-state index >= 15 is 0 Å². The molecule has 6 rings (SSSR count). The third kappa shape index (κ3) is 2.77. The van der Waals surface area contributed by atoms with Gasteiger partial charge in [0.25, 0.3) is 0 Å². The molecule has 158 valence electrons.